The van der Waals surface area contributed by atoms with Crippen molar-refractivity contribution in [2.75, 3.05) is 5.32 Å². The maximum absolute atomic E-state index is 11.7. The number of benzene rings is 2. The third kappa shape index (κ3) is 4.65. The molecule has 2 nitrogen and oxygen atoms in total. The topological polar surface area (TPSA) is 29.1 Å². The van der Waals surface area contributed by atoms with Gasteiger partial charge in [0.15, 0.2) is 0 Å². The second-order valence-corrected chi connectivity index (χ2v) is 5.71. The smallest absolute Gasteiger partial charge is 0.248 e. The molecule has 0 radical (unpaired) electrons. The molecule has 0 saturated carbocycles. The molecule has 2 aromatic carbocycles. The first-order chi connectivity index (χ1) is 9.13. The average Bonchev–Trinajstić information content (AvgIpc) is 2.41. The quantitative estimate of drug-likeness (QED) is 0.756. The van der Waals surface area contributed by atoms with Crippen LogP contribution in [0.1, 0.15) is 5.56 Å². The van der Waals surface area contributed by atoms with Crippen LogP contribution in [0.15, 0.2) is 63.6 Å². The van der Waals surface area contributed by atoms with Crippen LogP contribution in [0.5, 0.6) is 0 Å². The van der Waals surface area contributed by atoms with Crippen molar-refractivity contribution in [2.45, 2.75) is 0 Å². The van der Waals surface area contributed by atoms with E-state index in [-0.39, 0.29) is 5.91 Å². The second-order valence-electron chi connectivity index (χ2n) is 3.88. The molecule has 0 spiro atoms. The maximum Gasteiger partial charge on any atom is 0.248 e. The zero-order valence-corrected chi connectivity index (χ0v) is 13.1. The monoisotopic (exact) mass is 379 g/mol. The predicted molar refractivity (Wildman–Crippen MR) is 85.9 cm³/mol. The molecule has 2 rings (SSSR count). The Balaban J connectivity index is 1.97. The van der Waals surface area contributed by atoms with Crippen molar-refractivity contribution in [1.82, 2.24) is 0 Å². The van der Waals surface area contributed by atoms with Crippen molar-refractivity contribution in [3.05, 3.63) is 69.1 Å². The molecule has 0 aliphatic carbocycles. The van der Waals surface area contributed by atoms with Crippen LogP contribution in [0.2, 0.25) is 0 Å². The van der Waals surface area contributed by atoms with E-state index in [2.05, 4.69) is 37.2 Å². The SMILES string of the molecule is O=C(/C=C/c1ccc(Br)cc1)Nc1ccc(Br)cc1. The molecule has 1 amide bonds. The van der Waals surface area contributed by atoms with Gasteiger partial charge >= 0.3 is 0 Å². The van der Waals surface area contributed by atoms with Crippen molar-refractivity contribution in [2.24, 2.45) is 0 Å². The molecule has 0 saturated heterocycles. The summed E-state index contributed by atoms with van der Waals surface area (Å²) in [7, 11) is 0. The Morgan fingerprint density at radius 1 is 0.895 bits per heavy atom. The molecule has 1 N–H and O–H groups in total. The van der Waals surface area contributed by atoms with E-state index in [0.29, 0.717) is 0 Å². The van der Waals surface area contributed by atoms with Crippen LogP contribution in [0.3, 0.4) is 0 Å². The molecule has 0 atom stereocenters. The summed E-state index contributed by atoms with van der Waals surface area (Å²) in [5.41, 5.74) is 1.75. The summed E-state index contributed by atoms with van der Waals surface area (Å²) in [5, 5.41) is 2.79. The lowest BCUT2D eigenvalue weighted by Crippen LogP contribution is -2.07. The van der Waals surface area contributed by atoms with E-state index in [0.717, 1.165) is 20.2 Å². The zero-order valence-electron chi connectivity index (χ0n) is 9.94. The standard InChI is InChI=1S/C15H11Br2NO/c16-12-4-1-11(2-5-12)3-10-15(19)18-14-8-6-13(17)7-9-14/h1-10H,(H,18,19)/b10-3+. The Morgan fingerprint density at radius 2 is 1.42 bits per heavy atom. The minimum Gasteiger partial charge on any atom is -0.323 e. The van der Waals surface area contributed by atoms with Crippen LogP contribution in [0, 0.1) is 0 Å². The third-order valence-electron chi connectivity index (χ3n) is 2.41. The van der Waals surface area contributed by atoms with E-state index >= 15 is 0 Å². The summed E-state index contributed by atoms with van der Waals surface area (Å²) in [6.45, 7) is 0. The Kier molecular flexibility index (Phi) is 4.93. The molecule has 19 heavy (non-hydrogen) atoms. The fourth-order valence-corrected chi connectivity index (χ4v) is 1.99. The van der Waals surface area contributed by atoms with Gasteiger partial charge in [0, 0.05) is 20.7 Å². The molecule has 0 aliphatic heterocycles. The van der Waals surface area contributed by atoms with Gasteiger partial charge in [-0.25, -0.2) is 0 Å². The fourth-order valence-electron chi connectivity index (χ4n) is 1.46. The number of amides is 1. The molecule has 0 heterocycles. The largest absolute Gasteiger partial charge is 0.323 e. The number of carbonyl (C=O) groups is 1. The number of hydrogen-bond acceptors (Lipinski definition) is 1. The highest BCUT2D eigenvalue weighted by Crippen LogP contribution is 2.14. The molecule has 4 heteroatoms. The van der Waals surface area contributed by atoms with E-state index < -0.39 is 0 Å². The van der Waals surface area contributed by atoms with Gasteiger partial charge in [-0.1, -0.05) is 44.0 Å². The summed E-state index contributed by atoms with van der Waals surface area (Å²) in [6, 6.07) is 15.2. The molecule has 2 aromatic rings. The van der Waals surface area contributed by atoms with Gasteiger partial charge in [-0.15, -0.1) is 0 Å². The molecule has 0 aromatic heterocycles. The summed E-state index contributed by atoms with van der Waals surface area (Å²) < 4.78 is 2.00. The minimum atomic E-state index is -0.148. The minimum absolute atomic E-state index is 0.148. The average molecular weight is 381 g/mol. The lowest BCUT2D eigenvalue weighted by Gasteiger charge is -2.01. The van der Waals surface area contributed by atoms with Crippen LogP contribution in [0.25, 0.3) is 6.08 Å². The first kappa shape index (κ1) is 14.0. The molecular formula is C15H11Br2NO. The first-order valence-corrected chi connectivity index (χ1v) is 7.22. The number of hydrogen-bond donors (Lipinski definition) is 1. The van der Waals surface area contributed by atoms with Gasteiger partial charge in [0.25, 0.3) is 0 Å². The molecule has 0 bridgehead atoms. The number of rotatable bonds is 3. The Hall–Kier alpha value is -1.39. The van der Waals surface area contributed by atoms with E-state index in [1.54, 1.807) is 6.08 Å². The number of nitrogens with one attached hydrogen (secondary N) is 1. The molecule has 96 valence electrons. The van der Waals surface area contributed by atoms with Gasteiger partial charge in [-0.05, 0) is 48.0 Å². The van der Waals surface area contributed by atoms with Crippen LogP contribution in [-0.4, -0.2) is 5.91 Å². The van der Waals surface area contributed by atoms with Gasteiger partial charge in [-0.2, -0.15) is 0 Å². The van der Waals surface area contributed by atoms with Crippen LogP contribution in [-0.2, 0) is 4.79 Å². The van der Waals surface area contributed by atoms with Gasteiger partial charge in [0.05, 0.1) is 0 Å². The highest BCUT2D eigenvalue weighted by molar-refractivity contribution is 9.10. The summed E-state index contributed by atoms with van der Waals surface area (Å²) in [4.78, 5) is 11.7. The van der Waals surface area contributed by atoms with Crippen LogP contribution < -0.4 is 5.32 Å². The van der Waals surface area contributed by atoms with Crippen molar-refractivity contribution in [1.29, 1.82) is 0 Å². The van der Waals surface area contributed by atoms with Crippen molar-refractivity contribution in [3.8, 4) is 0 Å². The molecular weight excluding hydrogens is 370 g/mol. The number of anilines is 1. The zero-order chi connectivity index (χ0) is 13.7. The van der Waals surface area contributed by atoms with Crippen molar-refractivity contribution < 1.29 is 4.79 Å². The Morgan fingerprint density at radius 3 is 2.00 bits per heavy atom. The normalized spacial score (nSPS) is 10.6. The maximum atomic E-state index is 11.7. The highest BCUT2D eigenvalue weighted by atomic mass is 79.9. The fraction of sp³-hybridized carbons (Fsp3) is 0. The Bertz CT molecular complexity index is 589. The Labute approximate surface area is 128 Å². The number of halogens is 2. The van der Waals surface area contributed by atoms with Gasteiger partial charge < -0.3 is 5.32 Å². The molecule has 0 aliphatic rings. The summed E-state index contributed by atoms with van der Waals surface area (Å²) in [5.74, 6) is -0.148. The number of carbonyl (C=O) groups excluding carboxylic acids is 1. The van der Waals surface area contributed by atoms with E-state index in [1.165, 1.54) is 6.08 Å². The predicted octanol–water partition coefficient (Wildman–Crippen LogP) is 4.86. The van der Waals surface area contributed by atoms with Gasteiger partial charge in [-0.3, -0.25) is 4.79 Å². The van der Waals surface area contributed by atoms with E-state index in [4.69, 9.17) is 0 Å². The van der Waals surface area contributed by atoms with E-state index in [9.17, 15) is 4.79 Å². The first-order valence-electron chi connectivity index (χ1n) is 5.64. The van der Waals surface area contributed by atoms with Crippen LogP contribution >= 0.6 is 31.9 Å². The van der Waals surface area contributed by atoms with E-state index in [1.807, 2.05) is 48.5 Å². The van der Waals surface area contributed by atoms with Crippen molar-refractivity contribution in [3.63, 3.8) is 0 Å². The van der Waals surface area contributed by atoms with Gasteiger partial charge in [0.1, 0.15) is 0 Å². The van der Waals surface area contributed by atoms with Crippen LogP contribution in [0.4, 0.5) is 5.69 Å². The lowest BCUT2D eigenvalue weighted by molar-refractivity contribution is -0.111. The summed E-state index contributed by atoms with van der Waals surface area (Å²) in [6.07, 6.45) is 3.30. The highest BCUT2D eigenvalue weighted by Gasteiger charge is 1.97. The molecule has 0 fully saturated rings. The van der Waals surface area contributed by atoms with Crippen molar-refractivity contribution >= 4 is 49.5 Å². The molecule has 0 unspecified atom stereocenters. The summed E-state index contributed by atoms with van der Waals surface area (Å²) >= 11 is 6.72. The second kappa shape index (κ2) is 6.68. The lowest BCUT2D eigenvalue weighted by atomic mass is 10.2. The van der Waals surface area contributed by atoms with Gasteiger partial charge in [0.2, 0.25) is 5.91 Å². The third-order valence-corrected chi connectivity index (χ3v) is 3.47.